The van der Waals surface area contributed by atoms with Crippen molar-refractivity contribution in [1.82, 2.24) is 9.88 Å². The number of piperidine rings is 1. The van der Waals surface area contributed by atoms with Crippen LogP contribution in [0.1, 0.15) is 38.8 Å². The van der Waals surface area contributed by atoms with Crippen LogP contribution in [-0.4, -0.2) is 22.0 Å². The average molecular weight is 273 g/mol. The summed E-state index contributed by atoms with van der Waals surface area (Å²) < 4.78 is 0. The number of likely N-dealkylation sites (tertiary alicyclic amines) is 1. The second kappa shape index (κ2) is 5.55. The third kappa shape index (κ3) is 3.12. The van der Waals surface area contributed by atoms with Gasteiger partial charge in [0, 0.05) is 18.6 Å². The van der Waals surface area contributed by atoms with E-state index in [0.717, 1.165) is 12.2 Å². The Morgan fingerprint density at radius 3 is 2.53 bits per heavy atom. The van der Waals surface area contributed by atoms with Crippen molar-refractivity contribution >= 4 is 23.2 Å². The van der Waals surface area contributed by atoms with E-state index in [-0.39, 0.29) is 0 Å². The average Bonchev–Trinajstić information content (AvgIpc) is 2.28. The van der Waals surface area contributed by atoms with Crippen LogP contribution in [0.3, 0.4) is 0 Å². The van der Waals surface area contributed by atoms with Gasteiger partial charge in [-0.1, -0.05) is 29.6 Å². The minimum atomic E-state index is 0.515. The molecule has 17 heavy (non-hydrogen) atoms. The zero-order valence-corrected chi connectivity index (χ0v) is 11.8. The second-order valence-electron chi connectivity index (χ2n) is 4.86. The van der Waals surface area contributed by atoms with Gasteiger partial charge in [-0.15, -0.1) is 0 Å². The third-order valence-corrected chi connectivity index (χ3v) is 4.15. The predicted molar refractivity (Wildman–Crippen MR) is 72.6 cm³/mol. The standard InChI is InChI=1S/C13H18Cl2N2/c1-9-4-3-5-10(2)17(9)8-12-11(14)6-7-13(15)16-12/h6-7,9-10H,3-5,8H2,1-2H3/t9-,10+. The molecule has 4 heteroatoms. The van der Waals surface area contributed by atoms with Gasteiger partial charge in [0.25, 0.3) is 0 Å². The van der Waals surface area contributed by atoms with Crippen molar-refractivity contribution in [3.8, 4) is 0 Å². The normalized spacial score (nSPS) is 26.1. The summed E-state index contributed by atoms with van der Waals surface area (Å²) in [5, 5.41) is 1.22. The first-order chi connectivity index (χ1) is 8.08. The van der Waals surface area contributed by atoms with Crippen molar-refractivity contribution < 1.29 is 0 Å². The van der Waals surface area contributed by atoms with Crippen LogP contribution in [0, 0.1) is 0 Å². The fraction of sp³-hybridized carbons (Fsp3) is 0.615. The Bertz CT molecular complexity index is 385. The van der Waals surface area contributed by atoms with Crippen molar-refractivity contribution in [2.45, 2.75) is 51.7 Å². The van der Waals surface area contributed by atoms with E-state index in [2.05, 4.69) is 23.7 Å². The van der Waals surface area contributed by atoms with Crippen molar-refractivity contribution in [1.29, 1.82) is 0 Å². The quantitative estimate of drug-likeness (QED) is 0.752. The number of aromatic nitrogens is 1. The van der Waals surface area contributed by atoms with Gasteiger partial charge in [0.15, 0.2) is 0 Å². The molecule has 1 fully saturated rings. The molecule has 0 spiro atoms. The minimum absolute atomic E-state index is 0.515. The molecule has 1 aromatic rings. The Morgan fingerprint density at radius 1 is 1.24 bits per heavy atom. The Morgan fingerprint density at radius 2 is 1.88 bits per heavy atom. The Hall–Kier alpha value is -0.310. The molecule has 1 aliphatic rings. The number of halogens is 2. The summed E-state index contributed by atoms with van der Waals surface area (Å²) in [6, 6.07) is 4.74. The lowest BCUT2D eigenvalue weighted by Crippen LogP contribution is -2.43. The zero-order valence-electron chi connectivity index (χ0n) is 10.3. The van der Waals surface area contributed by atoms with Crippen LogP contribution in [0.25, 0.3) is 0 Å². The molecule has 0 unspecified atom stereocenters. The first-order valence-corrected chi connectivity index (χ1v) is 6.90. The van der Waals surface area contributed by atoms with E-state index < -0.39 is 0 Å². The molecule has 0 amide bonds. The zero-order chi connectivity index (χ0) is 12.4. The molecule has 0 aromatic carbocycles. The third-order valence-electron chi connectivity index (χ3n) is 3.59. The van der Waals surface area contributed by atoms with Gasteiger partial charge in [0.2, 0.25) is 0 Å². The molecule has 1 aromatic heterocycles. The largest absolute Gasteiger partial charge is 0.292 e. The summed E-state index contributed by atoms with van der Waals surface area (Å²) in [7, 11) is 0. The lowest BCUT2D eigenvalue weighted by molar-refractivity contribution is 0.0939. The van der Waals surface area contributed by atoms with Crippen molar-refractivity contribution in [3.05, 3.63) is 28.0 Å². The van der Waals surface area contributed by atoms with Crippen LogP contribution in [0.15, 0.2) is 12.1 Å². The van der Waals surface area contributed by atoms with E-state index in [0.29, 0.717) is 22.3 Å². The van der Waals surface area contributed by atoms with Crippen molar-refractivity contribution in [2.24, 2.45) is 0 Å². The van der Waals surface area contributed by atoms with E-state index in [4.69, 9.17) is 23.2 Å². The smallest absolute Gasteiger partial charge is 0.129 e. The molecule has 2 atom stereocenters. The highest BCUT2D eigenvalue weighted by molar-refractivity contribution is 6.32. The summed E-state index contributed by atoms with van der Waals surface area (Å²) in [6.07, 6.45) is 3.82. The summed E-state index contributed by atoms with van der Waals surface area (Å²) >= 11 is 12.1. The van der Waals surface area contributed by atoms with Crippen LogP contribution in [0.2, 0.25) is 10.2 Å². The highest BCUT2D eigenvalue weighted by Crippen LogP contribution is 2.26. The molecule has 0 radical (unpaired) electrons. The van der Waals surface area contributed by atoms with Crippen molar-refractivity contribution in [3.63, 3.8) is 0 Å². The highest BCUT2D eigenvalue weighted by atomic mass is 35.5. The molecular formula is C13H18Cl2N2. The Labute approximate surface area is 113 Å². The van der Waals surface area contributed by atoms with Gasteiger partial charge >= 0.3 is 0 Å². The van der Waals surface area contributed by atoms with Crippen LogP contribution >= 0.6 is 23.2 Å². The molecule has 1 aliphatic heterocycles. The van der Waals surface area contributed by atoms with Crippen LogP contribution < -0.4 is 0 Å². The number of pyridine rings is 1. The van der Waals surface area contributed by atoms with Gasteiger partial charge in [0.05, 0.1) is 10.7 Å². The summed E-state index contributed by atoms with van der Waals surface area (Å²) in [5.41, 5.74) is 0.889. The molecule has 0 aliphatic carbocycles. The van der Waals surface area contributed by atoms with E-state index in [1.54, 1.807) is 6.07 Å². The van der Waals surface area contributed by atoms with Gasteiger partial charge in [-0.2, -0.15) is 0 Å². The molecule has 0 saturated carbocycles. The first kappa shape index (κ1) is 13.1. The van der Waals surface area contributed by atoms with Gasteiger partial charge in [-0.05, 0) is 38.8 Å². The van der Waals surface area contributed by atoms with Gasteiger partial charge in [0.1, 0.15) is 5.15 Å². The monoisotopic (exact) mass is 272 g/mol. The Balaban J connectivity index is 2.16. The molecule has 2 heterocycles. The van der Waals surface area contributed by atoms with E-state index in [9.17, 15) is 0 Å². The number of hydrogen-bond acceptors (Lipinski definition) is 2. The van der Waals surface area contributed by atoms with Crippen LogP contribution in [0.4, 0.5) is 0 Å². The molecule has 2 nitrogen and oxygen atoms in total. The molecule has 2 rings (SSSR count). The summed E-state index contributed by atoms with van der Waals surface area (Å²) in [6.45, 7) is 5.34. The maximum atomic E-state index is 6.16. The molecule has 1 saturated heterocycles. The SMILES string of the molecule is C[C@@H]1CCC[C@H](C)N1Cc1nc(Cl)ccc1Cl. The molecule has 0 N–H and O–H groups in total. The number of hydrogen-bond donors (Lipinski definition) is 0. The topological polar surface area (TPSA) is 16.1 Å². The predicted octanol–water partition coefficient (Wildman–Crippen LogP) is 4.15. The fourth-order valence-corrected chi connectivity index (χ4v) is 2.86. The fourth-order valence-electron chi connectivity index (χ4n) is 2.53. The lowest BCUT2D eigenvalue weighted by Gasteiger charge is -2.38. The second-order valence-corrected chi connectivity index (χ2v) is 5.66. The van der Waals surface area contributed by atoms with Gasteiger partial charge in [-0.3, -0.25) is 4.90 Å². The van der Waals surface area contributed by atoms with Crippen molar-refractivity contribution in [2.75, 3.05) is 0 Å². The first-order valence-electron chi connectivity index (χ1n) is 6.14. The Kier molecular flexibility index (Phi) is 4.29. The van der Waals surface area contributed by atoms with E-state index >= 15 is 0 Å². The maximum Gasteiger partial charge on any atom is 0.129 e. The highest BCUT2D eigenvalue weighted by Gasteiger charge is 2.25. The molecule has 94 valence electrons. The lowest BCUT2D eigenvalue weighted by atomic mass is 9.97. The van der Waals surface area contributed by atoms with Crippen LogP contribution in [-0.2, 0) is 6.54 Å². The number of nitrogens with zero attached hydrogens (tertiary/aromatic N) is 2. The van der Waals surface area contributed by atoms with E-state index in [1.807, 2.05) is 6.07 Å². The number of rotatable bonds is 2. The van der Waals surface area contributed by atoms with Crippen LogP contribution in [0.5, 0.6) is 0 Å². The molecule has 0 bridgehead atoms. The summed E-state index contributed by atoms with van der Waals surface area (Å²) in [4.78, 5) is 6.79. The van der Waals surface area contributed by atoms with Gasteiger partial charge < -0.3 is 0 Å². The molecular weight excluding hydrogens is 255 g/mol. The maximum absolute atomic E-state index is 6.16. The summed E-state index contributed by atoms with van der Waals surface area (Å²) in [5.74, 6) is 0. The van der Waals surface area contributed by atoms with Gasteiger partial charge in [-0.25, -0.2) is 4.98 Å². The minimum Gasteiger partial charge on any atom is -0.292 e. The van der Waals surface area contributed by atoms with E-state index in [1.165, 1.54) is 19.3 Å².